The zero-order valence-corrected chi connectivity index (χ0v) is 12.1. The van der Waals surface area contributed by atoms with Gasteiger partial charge in [0.15, 0.2) is 0 Å². The maximum Gasteiger partial charge on any atom is 0.218 e. The Hall–Kier alpha value is -0.170. The van der Waals surface area contributed by atoms with Gasteiger partial charge in [0.1, 0.15) is 0 Å². The number of methoxy groups -OCH3 is 1. The van der Waals surface area contributed by atoms with E-state index in [0.29, 0.717) is 19.6 Å². The lowest BCUT2D eigenvalue weighted by Gasteiger charge is -2.40. The summed E-state index contributed by atoms with van der Waals surface area (Å²) in [6.45, 7) is 4.64. The molecule has 5 nitrogen and oxygen atoms in total. The first-order valence-electron chi connectivity index (χ1n) is 6.73. The van der Waals surface area contributed by atoms with Crippen LogP contribution in [0.15, 0.2) is 0 Å². The maximum absolute atomic E-state index is 12.6. The normalized spacial score (nSPS) is 35.6. The number of hydrogen-bond donors (Lipinski definition) is 1. The first-order chi connectivity index (χ1) is 8.48. The summed E-state index contributed by atoms with van der Waals surface area (Å²) < 4.78 is 32.3. The Balaban J connectivity index is 2.09. The molecule has 0 saturated carbocycles. The molecule has 2 unspecified atom stereocenters. The van der Waals surface area contributed by atoms with Crippen molar-refractivity contribution in [3.8, 4) is 0 Å². The van der Waals surface area contributed by atoms with Gasteiger partial charge in [-0.2, -0.15) is 4.31 Å². The Morgan fingerprint density at radius 3 is 2.78 bits per heavy atom. The maximum atomic E-state index is 12.6. The van der Waals surface area contributed by atoms with Gasteiger partial charge in [0.2, 0.25) is 10.0 Å². The van der Waals surface area contributed by atoms with Crippen LogP contribution in [0.25, 0.3) is 0 Å². The quantitative estimate of drug-likeness (QED) is 0.819. The average Bonchev–Trinajstić information content (AvgIpc) is 2.40. The average molecular weight is 276 g/mol. The van der Waals surface area contributed by atoms with Crippen molar-refractivity contribution in [1.29, 1.82) is 0 Å². The van der Waals surface area contributed by atoms with Gasteiger partial charge in [-0.25, -0.2) is 8.42 Å². The number of rotatable bonds is 3. The second kappa shape index (κ2) is 5.45. The van der Waals surface area contributed by atoms with Crippen molar-refractivity contribution in [2.45, 2.75) is 43.5 Å². The molecule has 0 aromatic carbocycles. The smallest absolute Gasteiger partial charge is 0.218 e. The molecule has 18 heavy (non-hydrogen) atoms. The predicted molar refractivity (Wildman–Crippen MR) is 71.0 cm³/mol. The van der Waals surface area contributed by atoms with E-state index >= 15 is 0 Å². The second-order valence-electron chi connectivity index (χ2n) is 5.60. The second-order valence-corrected chi connectivity index (χ2v) is 7.82. The first kappa shape index (κ1) is 14.2. The lowest BCUT2D eigenvalue weighted by atomic mass is 9.96. The van der Waals surface area contributed by atoms with Gasteiger partial charge < -0.3 is 10.1 Å². The highest BCUT2D eigenvalue weighted by Crippen LogP contribution is 2.28. The van der Waals surface area contributed by atoms with Crippen molar-refractivity contribution in [2.75, 3.05) is 33.3 Å². The molecule has 0 radical (unpaired) electrons. The standard InChI is InChI=1S/C12H24N2O3S/c1-12(17-2)6-4-8-14(10-12)18(15,16)11-5-3-7-13-9-11/h11,13H,3-10H2,1-2H3. The summed E-state index contributed by atoms with van der Waals surface area (Å²) in [7, 11) is -1.51. The van der Waals surface area contributed by atoms with Crippen molar-refractivity contribution in [2.24, 2.45) is 0 Å². The molecule has 2 aliphatic rings. The van der Waals surface area contributed by atoms with E-state index in [1.165, 1.54) is 0 Å². The van der Waals surface area contributed by atoms with Crippen LogP contribution in [-0.2, 0) is 14.8 Å². The molecule has 2 saturated heterocycles. The zero-order valence-electron chi connectivity index (χ0n) is 11.3. The minimum absolute atomic E-state index is 0.259. The van der Waals surface area contributed by atoms with E-state index < -0.39 is 10.0 Å². The highest BCUT2D eigenvalue weighted by Gasteiger charge is 2.40. The lowest BCUT2D eigenvalue weighted by molar-refractivity contribution is -0.0321. The Morgan fingerprint density at radius 2 is 2.17 bits per heavy atom. The lowest BCUT2D eigenvalue weighted by Crippen LogP contribution is -2.54. The van der Waals surface area contributed by atoms with Crippen molar-refractivity contribution < 1.29 is 13.2 Å². The largest absolute Gasteiger partial charge is 0.377 e. The number of piperidine rings is 2. The number of nitrogens with one attached hydrogen (secondary N) is 1. The molecule has 6 heteroatoms. The highest BCUT2D eigenvalue weighted by molar-refractivity contribution is 7.89. The predicted octanol–water partition coefficient (Wildman–Crippen LogP) is 0.569. The highest BCUT2D eigenvalue weighted by atomic mass is 32.2. The molecule has 2 heterocycles. The molecular weight excluding hydrogens is 252 g/mol. The van der Waals surface area contributed by atoms with E-state index in [1.54, 1.807) is 11.4 Å². The van der Waals surface area contributed by atoms with E-state index in [9.17, 15) is 8.42 Å². The van der Waals surface area contributed by atoms with Gasteiger partial charge in [0, 0.05) is 26.7 Å². The molecule has 106 valence electrons. The third-order valence-electron chi connectivity index (χ3n) is 4.15. The van der Waals surface area contributed by atoms with Crippen LogP contribution in [0.3, 0.4) is 0 Å². The minimum Gasteiger partial charge on any atom is -0.377 e. The molecule has 0 amide bonds. The summed E-state index contributed by atoms with van der Waals surface area (Å²) >= 11 is 0. The molecule has 0 aromatic rings. The van der Waals surface area contributed by atoms with Crippen molar-refractivity contribution in [3.05, 3.63) is 0 Å². The number of nitrogens with zero attached hydrogens (tertiary/aromatic N) is 1. The Morgan fingerprint density at radius 1 is 1.39 bits per heavy atom. The van der Waals surface area contributed by atoms with E-state index in [1.807, 2.05) is 6.92 Å². The SMILES string of the molecule is COC1(C)CCCN(S(=O)(=O)C2CCCNC2)C1. The Labute approximate surface area is 110 Å². The summed E-state index contributed by atoms with van der Waals surface area (Å²) in [5.41, 5.74) is -0.326. The summed E-state index contributed by atoms with van der Waals surface area (Å²) in [6.07, 6.45) is 3.52. The van der Waals surface area contributed by atoms with E-state index in [-0.39, 0.29) is 10.9 Å². The molecule has 1 N–H and O–H groups in total. The number of sulfonamides is 1. The summed E-state index contributed by atoms with van der Waals surface area (Å²) in [6, 6.07) is 0. The number of ether oxygens (including phenoxy) is 1. The Kier molecular flexibility index (Phi) is 4.31. The molecule has 2 fully saturated rings. The molecule has 2 atom stereocenters. The van der Waals surface area contributed by atoms with Gasteiger partial charge in [-0.3, -0.25) is 0 Å². The fourth-order valence-electron chi connectivity index (χ4n) is 2.83. The van der Waals surface area contributed by atoms with Gasteiger partial charge in [-0.05, 0) is 39.2 Å². The minimum atomic E-state index is -3.18. The molecule has 0 aliphatic carbocycles. The van der Waals surface area contributed by atoms with Crippen molar-refractivity contribution in [1.82, 2.24) is 9.62 Å². The van der Waals surface area contributed by atoms with Crippen molar-refractivity contribution in [3.63, 3.8) is 0 Å². The summed E-state index contributed by atoms with van der Waals surface area (Å²) in [4.78, 5) is 0. The third kappa shape index (κ3) is 2.87. The van der Waals surface area contributed by atoms with Crippen LogP contribution in [0.4, 0.5) is 0 Å². The van der Waals surface area contributed by atoms with Crippen LogP contribution in [0, 0.1) is 0 Å². The molecule has 2 rings (SSSR count). The molecule has 0 bridgehead atoms. The summed E-state index contributed by atoms with van der Waals surface area (Å²) in [5, 5.41) is 2.92. The topological polar surface area (TPSA) is 58.6 Å². The van der Waals surface area contributed by atoms with Crippen LogP contribution in [0.2, 0.25) is 0 Å². The van der Waals surface area contributed by atoms with Crippen LogP contribution in [-0.4, -0.2) is 56.9 Å². The van der Waals surface area contributed by atoms with Gasteiger partial charge in [0.05, 0.1) is 10.9 Å². The van der Waals surface area contributed by atoms with E-state index in [2.05, 4.69) is 5.32 Å². The fourth-order valence-corrected chi connectivity index (χ4v) is 4.88. The molecular formula is C12H24N2O3S. The van der Waals surface area contributed by atoms with Crippen LogP contribution >= 0.6 is 0 Å². The van der Waals surface area contributed by atoms with Crippen LogP contribution in [0.5, 0.6) is 0 Å². The molecule has 0 spiro atoms. The monoisotopic (exact) mass is 276 g/mol. The van der Waals surface area contributed by atoms with Crippen LogP contribution in [0.1, 0.15) is 32.6 Å². The Bertz CT molecular complexity index is 379. The van der Waals surface area contributed by atoms with Gasteiger partial charge in [-0.1, -0.05) is 0 Å². The number of hydrogen-bond acceptors (Lipinski definition) is 4. The van der Waals surface area contributed by atoms with Crippen LogP contribution < -0.4 is 5.32 Å². The van der Waals surface area contributed by atoms with E-state index in [4.69, 9.17) is 4.74 Å². The molecule has 2 aliphatic heterocycles. The van der Waals surface area contributed by atoms with Gasteiger partial charge in [-0.15, -0.1) is 0 Å². The third-order valence-corrected chi connectivity index (χ3v) is 6.43. The molecule has 0 aromatic heterocycles. The van der Waals surface area contributed by atoms with Gasteiger partial charge >= 0.3 is 0 Å². The summed E-state index contributed by atoms with van der Waals surface area (Å²) in [5.74, 6) is 0. The first-order valence-corrected chi connectivity index (χ1v) is 8.23. The zero-order chi connectivity index (χ0) is 13.2. The van der Waals surface area contributed by atoms with E-state index in [0.717, 1.165) is 32.2 Å². The van der Waals surface area contributed by atoms with Gasteiger partial charge in [0.25, 0.3) is 0 Å². The van der Waals surface area contributed by atoms with Crippen molar-refractivity contribution >= 4 is 10.0 Å². The fraction of sp³-hybridized carbons (Fsp3) is 1.00.